The lowest BCUT2D eigenvalue weighted by molar-refractivity contribution is 0.185. The molecule has 0 aliphatic rings. The number of nitrogens with zero attached hydrogens (tertiary/aromatic N) is 1. The summed E-state index contributed by atoms with van der Waals surface area (Å²) in [5.74, 6) is 1.38. The average molecular weight is 273 g/mol. The first-order chi connectivity index (χ1) is 9.69. The average Bonchev–Trinajstić information content (AvgIpc) is 2.45. The Morgan fingerprint density at radius 3 is 2.70 bits per heavy atom. The van der Waals surface area contributed by atoms with E-state index >= 15 is 0 Å². The summed E-state index contributed by atoms with van der Waals surface area (Å²) in [5.41, 5.74) is 2.94. The number of aromatic nitrogens is 1. The van der Waals surface area contributed by atoms with Crippen molar-refractivity contribution in [3.05, 3.63) is 42.0 Å². The molecule has 4 nitrogen and oxygen atoms in total. The van der Waals surface area contributed by atoms with E-state index in [-0.39, 0.29) is 0 Å². The molecule has 0 amide bonds. The minimum Gasteiger partial charge on any atom is -0.489 e. The molecule has 0 aliphatic heterocycles. The molecule has 1 aromatic carbocycles. The van der Waals surface area contributed by atoms with Gasteiger partial charge in [0.1, 0.15) is 12.4 Å². The number of fused-ring (bicyclic) bond motifs is 1. The first kappa shape index (κ1) is 14.3. The molecule has 2 rings (SSSR count). The highest BCUT2D eigenvalue weighted by atomic mass is 16.5. The molecule has 0 aliphatic carbocycles. The monoisotopic (exact) mass is 273 g/mol. The van der Waals surface area contributed by atoms with Crippen LogP contribution in [0.1, 0.15) is 11.1 Å². The van der Waals surface area contributed by atoms with Crippen LogP contribution in [-0.2, 0) is 11.3 Å². The second kappa shape index (κ2) is 6.39. The van der Waals surface area contributed by atoms with Gasteiger partial charge in [-0.05, 0) is 24.1 Å². The van der Waals surface area contributed by atoms with E-state index in [0.717, 1.165) is 27.8 Å². The maximum absolute atomic E-state index is 5.64. The van der Waals surface area contributed by atoms with Gasteiger partial charge < -0.3 is 14.2 Å². The summed E-state index contributed by atoms with van der Waals surface area (Å²) in [5, 5.41) is 1.05. The Bertz CT molecular complexity index is 623. The van der Waals surface area contributed by atoms with Crippen LogP contribution in [0.5, 0.6) is 11.6 Å². The largest absolute Gasteiger partial charge is 0.489 e. The zero-order chi connectivity index (χ0) is 14.5. The van der Waals surface area contributed by atoms with Gasteiger partial charge in [0.25, 0.3) is 0 Å². The van der Waals surface area contributed by atoms with Crippen LogP contribution >= 0.6 is 0 Å². The Morgan fingerprint density at radius 2 is 2.05 bits per heavy atom. The van der Waals surface area contributed by atoms with Gasteiger partial charge in [-0.2, -0.15) is 0 Å². The fourth-order valence-electron chi connectivity index (χ4n) is 2.09. The predicted octanol–water partition coefficient (Wildman–Crippen LogP) is 3.26. The van der Waals surface area contributed by atoms with E-state index < -0.39 is 0 Å². The highest BCUT2D eigenvalue weighted by molar-refractivity contribution is 5.85. The third-order valence-electron chi connectivity index (χ3n) is 3.03. The van der Waals surface area contributed by atoms with Gasteiger partial charge >= 0.3 is 0 Å². The number of hydrogen-bond donors (Lipinski definition) is 0. The molecule has 0 saturated carbocycles. The summed E-state index contributed by atoms with van der Waals surface area (Å²) in [4.78, 5) is 4.46. The van der Waals surface area contributed by atoms with Crippen LogP contribution < -0.4 is 9.47 Å². The summed E-state index contributed by atoms with van der Waals surface area (Å²) in [6, 6.07) is 5.89. The van der Waals surface area contributed by atoms with Crippen LogP contribution in [0.4, 0.5) is 0 Å². The Kier molecular flexibility index (Phi) is 4.58. The highest BCUT2D eigenvalue weighted by Crippen LogP contribution is 2.29. The molecule has 0 N–H and O–H groups in total. The molecule has 0 atom stereocenters. The van der Waals surface area contributed by atoms with E-state index in [4.69, 9.17) is 14.2 Å². The molecule has 0 unspecified atom stereocenters. The molecule has 0 radical (unpaired) electrons. The molecule has 106 valence electrons. The second-order valence-electron chi connectivity index (χ2n) is 4.49. The molecule has 1 aromatic heterocycles. The summed E-state index contributed by atoms with van der Waals surface area (Å²) in [7, 11) is 3.28. The molecule has 1 heterocycles. The molecule has 0 saturated heterocycles. The molecular weight excluding hydrogens is 254 g/mol. The number of hydrogen-bond acceptors (Lipinski definition) is 4. The molecule has 0 bridgehead atoms. The maximum Gasteiger partial charge on any atom is 0.213 e. The van der Waals surface area contributed by atoms with Gasteiger partial charge in [-0.3, -0.25) is 0 Å². The van der Waals surface area contributed by atoms with Gasteiger partial charge in [0, 0.05) is 24.6 Å². The number of aryl methyl sites for hydroxylation is 1. The van der Waals surface area contributed by atoms with E-state index in [1.165, 1.54) is 0 Å². The van der Waals surface area contributed by atoms with Gasteiger partial charge in [0.05, 0.1) is 19.2 Å². The first-order valence-electron chi connectivity index (χ1n) is 6.40. The highest BCUT2D eigenvalue weighted by Gasteiger charge is 2.10. The molecule has 0 fully saturated rings. The minimum absolute atomic E-state index is 0.473. The van der Waals surface area contributed by atoms with Gasteiger partial charge in [-0.1, -0.05) is 12.7 Å². The number of pyridine rings is 1. The standard InChI is InChI=1S/C16H19NO3/c1-5-6-20-15-9-14-13(7-11(15)2)12(10-18-3)8-16(17-14)19-4/h5,7-9H,1,6,10H2,2-4H3. The lowest BCUT2D eigenvalue weighted by Crippen LogP contribution is -1.99. The number of benzene rings is 1. The number of methoxy groups -OCH3 is 2. The Morgan fingerprint density at radius 1 is 1.25 bits per heavy atom. The van der Waals surface area contributed by atoms with Crippen LogP contribution in [0.2, 0.25) is 0 Å². The zero-order valence-corrected chi connectivity index (χ0v) is 12.1. The van der Waals surface area contributed by atoms with Crippen LogP contribution in [-0.4, -0.2) is 25.8 Å². The Labute approximate surface area is 119 Å². The fraction of sp³-hybridized carbons (Fsp3) is 0.312. The van der Waals surface area contributed by atoms with E-state index in [9.17, 15) is 0 Å². The maximum atomic E-state index is 5.64. The zero-order valence-electron chi connectivity index (χ0n) is 12.1. The normalized spacial score (nSPS) is 10.6. The SMILES string of the molecule is C=CCOc1cc2nc(OC)cc(COC)c2cc1C. The first-order valence-corrected chi connectivity index (χ1v) is 6.40. The summed E-state index contributed by atoms with van der Waals surface area (Å²) in [6.07, 6.45) is 1.72. The third kappa shape index (κ3) is 2.91. The Hall–Kier alpha value is -2.07. The topological polar surface area (TPSA) is 40.6 Å². The van der Waals surface area contributed by atoms with Gasteiger partial charge in [0.15, 0.2) is 0 Å². The molecule has 0 spiro atoms. The van der Waals surface area contributed by atoms with E-state index in [1.54, 1.807) is 20.3 Å². The summed E-state index contributed by atoms with van der Waals surface area (Å²) < 4.78 is 16.1. The molecule has 20 heavy (non-hydrogen) atoms. The minimum atomic E-state index is 0.473. The van der Waals surface area contributed by atoms with Crippen molar-refractivity contribution in [3.8, 4) is 11.6 Å². The fourth-order valence-corrected chi connectivity index (χ4v) is 2.09. The van der Waals surface area contributed by atoms with E-state index in [2.05, 4.69) is 17.6 Å². The predicted molar refractivity (Wildman–Crippen MR) is 79.4 cm³/mol. The van der Waals surface area contributed by atoms with E-state index in [0.29, 0.717) is 19.1 Å². The molecule has 2 aromatic rings. The van der Waals surface area contributed by atoms with Crippen molar-refractivity contribution < 1.29 is 14.2 Å². The van der Waals surface area contributed by atoms with Crippen molar-refractivity contribution in [3.63, 3.8) is 0 Å². The number of ether oxygens (including phenoxy) is 3. The molecular formula is C16H19NO3. The van der Waals surface area contributed by atoms with Crippen molar-refractivity contribution in [1.82, 2.24) is 4.98 Å². The van der Waals surface area contributed by atoms with Crippen LogP contribution in [0.15, 0.2) is 30.9 Å². The smallest absolute Gasteiger partial charge is 0.213 e. The van der Waals surface area contributed by atoms with Crippen molar-refractivity contribution in [1.29, 1.82) is 0 Å². The summed E-state index contributed by atoms with van der Waals surface area (Å²) >= 11 is 0. The lowest BCUT2D eigenvalue weighted by atomic mass is 10.1. The van der Waals surface area contributed by atoms with Gasteiger partial charge in [-0.15, -0.1) is 0 Å². The lowest BCUT2D eigenvalue weighted by Gasteiger charge is -2.12. The van der Waals surface area contributed by atoms with Gasteiger partial charge in [0.2, 0.25) is 5.88 Å². The van der Waals surface area contributed by atoms with Crippen molar-refractivity contribution in [2.45, 2.75) is 13.5 Å². The van der Waals surface area contributed by atoms with Crippen molar-refractivity contribution in [2.24, 2.45) is 0 Å². The quantitative estimate of drug-likeness (QED) is 0.757. The van der Waals surface area contributed by atoms with Crippen LogP contribution in [0.25, 0.3) is 10.9 Å². The van der Waals surface area contributed by atoms with Gasteiger partial charge in [-0.25, -0.2) is 4.98 Å². The van der Waals surface area contributed by atoms with E-state index in [1.807, 2.05) is 19.1 Å². The molecule has 4 heteroatoms. The van der Waals surface area contributed by atoms with Crippen LogP contribution in [0.3, 0.4) is 0 Å². The number of rotatable bonds is 6. The van der Waals surface area contributed by atoms with Crippen molar-refractivity contribution in [2.75, 3.05) is 20.8 Å². The Balaban J connectivity index is 2.57. The third-order valence-corrected chi connectivity index (χ3v) is 3.03. The second-order valence-corrected chi connectivity index (χ2v) is 4.49. The van der Waals surface area contributed by atoms with Crippen molar-refractivity contribution >= 4 is 10.9 Å². The summed E-state index contributed by atoms with van der Waals surface area (Å²) in [6.45, 7) is 6.66. The van der Waals surface area contributed by atoms with Crippen LogP contribution in [0, 0.1) is 6.92 Å².